The molecule has 1 amide bonds. The lowest BCUT2D eigenvalue weighted by molar-refractivity contribution is 0.0731. The van der Waals surface area contributed by atoms with Crippen molar-refractivity contribution in [3.8, 4) is 0 Å². The number of likely N-dealkylation sites (tertiary alicyclic amines) is 1. The summed E-state index contributed by atoms with van der Waals surface area (Å²) in [5.74, 6) is 1.18. The lowest BCUT2D eigenvalue weighted by Crippen LogP contribution is -2.48. The Bertz CT molecular complexity index is 966. The van der Waals surface area contributed by atoms with Gasteiger partial charge in [0.2, 0.25) is 0 Å². The highest BCUT2D eigenvalue weighted by Crippen LogP contribution is 2.49. The van der Waals surface area contributed by atoms with Crippen molar-refractivity contribution in [2.45, 2.75) is 63.3 Å². The van der Waals surface area contributed by atoms with E-state index in [0.29, 0.717) is 10.8 Å². The van der Waals surface area contributed by atoms with E-state index >= 15 is 0 Å². The van der Waals surface area contributed by atoms with Crippen LogP contribution < -0.4 is 10.6 Å². The van der Waals surface area contributed by atoms with Gasteiger partial charge >= 0.3 is 0 Å². The first-order valence-electron chi connectivity index (χ1n) is 10.9. The van der Waals surface area contributed by atoms with Crippen LogP contribution in [0.3, 0.4) is 0 Å². The second-order valence-electron chi connectivity index (χ2n) is 8.72. The molecule has 5 nitrogen and oxygen atoms in total. The number of nitrogens with zero attached hydrogens (tertiary/aromatic N) is 1. The number of hydrogen-bond donors (Lipinski definition) is 2. The molecule has 6 heteroatoms. The van der Waals surface area contributed by atoms with E-state index < -0.39 is 0 Å². The van der Waals surface area contributed by atoms with Crippen LogP contribution >= 0.6 is 11.6 Å². The molecule has 3 aliphatic rings. The maximum absolute atomic E-state index is 13.1. The molecular formula is C23H28ClN3O2. The van der Waals surface area contributed by atoms with Gasteiger partial charge in [0.1, 0.15) is 5.58 Å². The zero-order valence-electron chi connectivity index (χ0n) is 16.8. The Kier molecular flexibility index (Phi) is 4.73. The molecule has 1 saturated heterocycles. The van der Waals surface area contributed by atoms with Crippen molar-refractivity contribution < 1.29 is 9.21 Å². The van der Waals surface area contributed by atoms with E-state index in [0.717, 1.165) is 79.7 Å². The van der Waals surface area contributed by atoms with Crippen LogP contribution in [0.4, 0.5) is 5.69 Å². The van der Waals surface area contributed by atoms with Gasteiger partial charge in [0, 0.05) is 24.0 Å². The maximum Gasteiger partial charge on any atom is 0.289 e. The average molecular weight is 414 g/mol. The van der Waals surface area contributed by atoms with Gasteiger partial charge in [-0.1, -0.05) is 50.3 Å². The van der Waals surface area contributed by atoms with Gasteiger partial charge in [0.15, 0.2) is 5.76 Å². The molecule has 0 radical (unpaired) electrons. The van der Waals surface area contributed by atoms with Gasteiger partial charge in [-0.2, -0.15) is 0 Å². The summed E-state index contributed by atoms with van der Waals surface area (Å²) in [4.78, 5) is 15.1. The van der Waals surface area contributed by atoms with E-state index in [1.54, 1.807) is 0 Å². The third-order valence-electron chi connectivity index (χ3n) is 6.71. The number of rotatable bonds is 1. The van der Waals surface area contributed by atoms with Crippen LogP contribution in [0.5, 0.6) is 0 Å². The highest BCUT2D eigenvalue weighted by atomic mass is 35.5. The Morgan fingerprint density at radius 1 is 1.07 bits per heavy atom. The smallest absolute Gasteiger partial charge is 0.289 e. The fourth-order valence-corrected chi connectivity index (χ4v) is 5.59. The monoisotopic (exact) mass is 413 g/mol. The molecule has 2 fully saturated rings. The molecule has 1 aromatic carbocycles. The van der Waals surface area contributed by atoms with Crippen molar-refractivity contribution in [2.75, 3.05) is 18.4 Å². The van der Waals surface area contributed by atoms with Gasteiger partial charge in [0.25, 0.3) is 5.91 Å². The average Bonchev–Trinajstić information content (AvgIpc) is 2.94. The molecule has 2 N–H and O–H groups in total. The molecule has 5 rings (SSSR count). The summed E-state index contributed by atoms with van der Waals surface area (Å²) >= 11 is 6.68. The Morgan fingerprint density at radius 2 is 1.76 bits per heavy atom. The first-order chi connectivity index (χ1) is 14.1. The zero-order chi connectivity index (χ0) is 20.0. The summed E-state index contributed by atoms with van der Waals surface area (Å²) < 4.78 is 6.28. The fraction of sp³-hybridized carbons (Fsp3) is 0.522. The number of carbonyl (C=O) groups is 1. The summed E-state index contributed by atoms with van der Waals surface area (Å²) in [6.07, 6.45) is 10.0. The number of carbonyl (C=O) groups excluding carboxylic acids is 1. The molecule has 1 aromatic heterocycles. The number of benzene rings is 1. The van der Waals surface area contributed by atoms with Crippen molar-refractivity contribution in [3.63, 3.8) is 0 Å². The van der Waals surface area contributed by atoms with Gasteiger partial charge in [-0.05, 0) is 37.8 Å². The third kappa shape index (κ3) is 3.20. The highest BCUT2D eigenvalue weighted by Gasteiger charge is 2.42. The first-order valence-corrected chi connectivity index (χ1v) is 11.3. The SMILES string of the molecule is C=C1Nc2c(Cl)cc3cc(C(=O)N4CCCCCC4)oc3c2C2(CCCCC2)N1. The largest absolute Gasteiger partial charge is 0.450 e. The summed E-state index contributed by atoms with van der Waals surface area (Å²) in [6.45, 7) is 5.73. The van der Waals surface area contributed by atoms with Gasteiger partial charge < -0.3 is 20.0 Å². The van der Waals surface area contributed by atoms with E-state index in [1.165, 1.54) is 19.3 Å². The number of anilines is 1. The van der Waals surface area contributed by atoms with Crippen molar-refractivity contribution in [1.29, 1.82) is 0 Å². The normalized spacial score (nSPS) is 21.4. The van der Waals surface area contributed by atoms with E-state index in [-0.39, 0.29) is 11.4 Å². The minimum absolute atomic E-state index is 0.00759. The minimum atomic E-state index is -0.236. The molecule has 0 unspecified atom stereocenters. The summed E-state index contributed by atoms with van der Waals surface area (Å²) in [6, 6.07) is 3.77. The summed E-state index contributed by atoms with van der Waals surface area (Å²) in [5, 5.41) is 8.45. The zero-order valence-corrected chi connectivity index (χ0v) is 17.5. The molecule has 3 heterocycles. The molecule has 154 valence electrons. The number of nitrogens with one attached hydrogen (secondary N) is 2. The molecule has 2 aromatic rings. The number of hydrogen-bond acceptors (Lipinski definition) is 4. The molecule has 1 aliphatic carbocycles. The number of amides is 1. The van der Waals surface area contributed by atoms with Crippen molar-refractivity contribution >= 4 is 34.2 Å². The fourth-order valence-electron chi connectivity index (χ4n) is 5.33. The van der Waals surface area contributed by atoms with Gasteiger partial charge in [-0.25, -0.2) is 0 Å². The van der Waals surface area contributed by atoms with E-state index in [4.69, 9.17) is 16.0 Å². The van der Waals surface area contributed by atoms with Crippen LogP contribution in [0, 0.1) is 0 Å². The van der Waals surface area contributed by atoms with E-state index in [2.05, 4.69) is 17.2 Å². The number of furan rings is 1. The Hall–Kier alpha value is -2.14. The topological polar surface area (TPSA) is 57.5 Å². The molecule has 0 bridgehead atoms. The standard InChI is InChI=1S/C23H28ClN3O2/c1-15-25-20-17(24)13-16-14-18(22(28)27-11-7-2-3-8-12-27)29-21(16)19(20)23(26-15)9-5-4-6-10-23/h13-14,25-26H,1-12H2. The van der Waals surface area contributed by atoms with Crippen molar-refractivity contribution in [1.82, 2.24) is 10.2 Å². The van der Waals surface area contributed by atoms with E-state index in [1.807, 2.05) is 17.0 Å². The van der Waals surface area contributed by atoms with Crippen LogP contribution in [-0.4, -0.2) is 23.9 Å². The second kappa shape index (κ2) is 7.28. The van der Waals surface area contributed by atoms with Crippen LogP contribution in [0.15, 0.2) is 28.9 Å². The predicted octanol–water partition coefficient (Wildman–Crippen LogP) is 5.75. The maximum atomic E-state index is 13.1. The van der Waals surface area contributed by atoms with Crippen LogP contribution in [0.2, 0.25) is 5.02 Å². The quantitative estimate of drug-likeness (QED) is 0.625. The summed E-state index contributed by atoms with van der Waals surface area (Å²) in [7, 11) is 0. The molecule has 1 saturated carbocycles. The minimum Gasteiger partial charge on any atom is -0.450 e. The summed E-state index contributed by atoms with van der Waals surface area (Å²) in [5.41, 5.74) is 2.46. The predicted molar refractivity (Wildman–Crippen MR) is 116 cm³/mol. The number of halogens is 1. The number of fused-ring (bicyclic) bond motifs is 4. The highest BCUT2D eigenvalue weighted by molar-refractivity contribution is 6.34. The van der Waals surface area contributed by atoms with Gasteiger partial charge in [0.05, 0.1) is 22.1 Å². The Morgan fingerprint density at radius 3 is 2.48 bits per heavy atom. The molecule has 0 atom stereocenters. The lowest BCUT2D eigenvalue weighted by atomic mass is 9.74. The lowest BCUT2D eigenvalue weighted by Gasteiger charge is -2.44. The van der Waals surface area contributed by atoms with Crippen LogP contribution in [0.25, 0.3) is 11.0 Å². The molecule has 2 aliphatic heterocycles. The molecule has 29 heavy (non-hydrogen) atoms. The van der Waals surface area contributed by atoms with Crippen molar-refractivity contribution in [3.05, 3.63) is 40.9 Å². The van der Waals surface area contributed by atoms with E-state index in [9.17, 15) is 4.79 Å². The Labute approximate surface area is 176 Å². The van der Waals surface area contributed by atoms with Gasteiger partial charge in [-0.3, -0.25) is 4.79 Å². The molecule has 1 spiro atoms. The van der Waals surface area contributed by atoms with Crippen LogP contribution in [-0.2, 0) is 5.54 Å². The van der Waals surface area contributed by atoms with Gasteiger partial charge in [-0.15, -0.1) is 0 Å². The molecular weight excluding hydrogens is 386 g/mol. The third-order valence-corrected chi connectivity index (χ3v) is 7.01. The first kappa shape index (κ1) is 18.9. The second-order valence-corrected chi connectivity index (χ2v) is 9.12. The Balaban J connectivity index is 1.62. The van der Waals surface area contributed by atoms with Crippen molar-refractivity contribution in [2.24, 2.45) is 0 Å². The van der Waals surface area contributed by atoms with Crippen LogP contribution in [0.1, 0.15) is 73.9 Å².